The van der Waals surface area contributed by atoms with Gasteiger partial charge in [0.05, 0.1) is 5.92 Å². The van der Waals surface area contributed by atoms with Crippen LogP contribution in [0.4, 0.5) is 4.79 Å². The Kier molecular flexibility index (Phi) is 6.35. The van der Waals surface area contributed by atoms with Crippen LogP contribution in [0.15, 0.2) is 24.5 Å². The van der Waals surface area contributed by atoms with Gasteiger partial charge in [-0.05, 0) is 24.1 Å². The zero-order valence-corrected chi connectivity index (χ0v) is 10.9. The van der Waals surface area contributed by atoms with E-state index in [1.807, 2.05) is 6.92 Å². The largest absolute Gasteiger partial charge is 0.481 e. The first-order valence-corrected chi connectivity index (χ1v) is 6.27. The molecule has 0 aromatic carbocycles. The van der Waals surface area contributed by atoms with Crippen LogP contribution in [0.1, 0.15) is 25.3 Å². The molecule has 0 saturated heterocycles. The molecule has 19 heavy (non-hydrogen) atoms. The molecule has 1 atom stereocenters. The molecule has 0 radical (unpaired) electrons. The van der Waals surface area contributed by atoms with Gasteiger partial charge in [0, 0.05) is 25.5 Å². The summed E-state index contributed by atoms with van der Waals surface area (Å²) >= 11 is 0. The van der Waals surface area contributed by atoms with Gasteiger partial charge in [-0.3, -0.25) is 9.78 Å². The van der Waals surface area contributed by atoms with Gasteiger partial charge in [0.1, 0.15) is 0 Å². The molecule has 6 nitrogen and oxygen atoms in total. The first-order valence-electron chi connectivity index (χ1n) is 6.27. The smallest absolute Gasteiger partial charge is 0.315 e. The highest BCUT2D eigenvalue weighted by molar-refractivity contribution is 5.75. The number of aromatic nitrogens is 1. The van der Waals surface area contributed by atoms with E-state index < -0.39 is 11.9 Å². The maximum Gasteiger partial charge on any atom is 0.315 e. The minimum atomic E-state index is -0.878. The molecular weight excluding hydrogens is 246 g/mol. The molecule has 0 spiro atoms. The van der Waals surface area contributed by atoms with Crippen molar-refractivity contribution in [1.82, 2.24) is 15.6 Å². The number of hydrogen-bond acceptors (Lipinski definition) is 3. The van der Waals surface area contributed by atoms with Crippen molar-refractivity contribution in [3.63, 3.8) is 0 Å². The zero-order valence-electron chi connectivity index (χ0n) is 10.9. The molecule has 1 heterocycles. The van der Waals surface area contributed by atoms with Crippen LogP contribution < -0.4 is 10.6 Å². The van der Waals surface area contributed by atoms with Gasteiger partial charge < -0.3 is 15.7 Å². The van der Waals surface area contributed by atoms with Crippen molar-refractivity contribution in [1.29, 1.82) is 0 Å². The number of carbonyl (C=O) groups excluding carboxylic acids is 1. The number of carboxylic acids is 1. The standard InChI is InChI=1S/C13H19N3O3/c1-2-3-11(12(17)18)9-16-13(19)15-8-10-4-6-14-7-5-10/h4-7,11H,2-3,8-9H2,1H3,(H,17,18)(H2,15,16,19). The average Bonchev–Trinajstić information content (AvgIpc) is 2.42. The molecule has 0 aliphatic heterocycles. The Morgan fingerprint density at radius 1 is 1.32 bits per heavy atom. The van der Waals surface area contributed by atoms with Gasteiger partial charge in [0.25, 0.3) is 0 Å². The third-order valence-corrected chi connectivity index (χ3v) is 2.70. The minimum absolute atomic E-state index is 0.144. The van der Waals surface area contributed by atoms with Gasteiger partial charge in [-0.1, -0.05) is 13.3 Å². The first kappa shape index (κ1) is 14.9. The second kappa shape index (κ2) is 8.07. The second-order valence-corrected chi connectivity index (χ2v) is 4.24. The maximum atomic E-state index is 11.5. The Hall–Kier alpha value is -2.11. The Morgan fingerprint density at radius 2 is 2.00 bits per heavy atom. The Bertz CT molecular complexity index is 409. The fourth-order valence-electron chi connectivity index (χ4n) is 1.62. The van der Waals surface area contributed by atoms with Gasteiger partial charge in [0.15, 0.2) is 0 Å². The molecule has 104 valence electrons. The second-order valence-electron chi connectivity index (χ2n) is 4.24. The summed E-state index contributed by atoms with van der Waals surface area (Å²) in [7, 11) is 0. The molecule has 0 bridgehead atoms. The number of nitrogens with zero attached hydrogens (tertiary/aromatic N) is 1. The zero-order chi connectivity index (χ0) is 14.1. The molecule has 1 unspecified atom stereocenters. The molecule has 1 aromatic rings. The Morgan fingerprint density at radius 3 is 2.58 bits per heavy atom. The molecule has 1 aromatic heterocycles. The van der Waals surface area contributed by atoms with Crippen molar-refractivity contribution < 1.29 is 14.7 Å². The van der Waals surface area contributed by atoms with Crippen molar-refractivity contribution in [2.75, 3.05) is 6.54 Å². The number of aliphatic carboxylic acids is 1. The summed E-state index contributed by atoms with van der Waals surface area (Å²) in [5.74, 6) is -1.41. The fraction of sp³-hybridized carbons (Fsp3) is 0.462. The molecule has 1 rings (SSSR count). The lowest BCUT2D eigenvalue weighted by molar-refractivity contribution is -0.141. The lowest BCUT2D eigenvalue weighted by Gasteiger charge is -2.13. The van der Waals surface area contributed by atoms with E-state index in [4.69, 9.17) is 5.11 Å². The van der Waals surface area contributed by atoms with E-state index in [0.29, 0.717) is 13.0 Å². The Balaban J connectivity index is 2.29. The maximum absolute atomic E-state index is 11.5. The van der Waals surface area contributed by atoms with E-state index >= 15 is 0 Å². The highest BCUT2D eigenvalue weighted by atomic mass is 16.4. The van der Waals surface area contributed by atoms with Gasteiger partial charge >= 0.3 is 12.0 Å². The van der Waals surface area contributed by atoms with Crippen LogP contribution in [0.2, 0.25) is 0 Å². The van der Waals surface area contributed by atoms with Gasteiger partial charge in [-0.15, -0.1) is 0 Å². The molecule has 6 heteroatoms. The number of pyridine rings is 1. The SMILES string of the molecule is CCCC(CNC(=O)NCc1ccncc1)C(=O)O. The van der Waals surface area contributed by atoms with Crippen molar-refractivity contribution in [2.24, 2.45) is 5.92 Å². The summed E-state index contributed by atoms with van der Waals surface area (Å²) in [5.41, 5.74) is 0.938. The number of amides is 2. The quantitative estimate of drug-likeness (QED) is 0.694. The predicted octanol–water partition coefficient (Wildman–Crippen LogP) is 1.38. The molecular formula is C13H19N3O3. The minimum Gasteiger partial charge on any atom is -0.481 e. The fourth-order valence-corrected chi connectivity index (χ4v) is 1.62. The third-order valence-electron chi connectivity index (χ3n) is 2.70. The first-order chi connectivity index (χ1) is 9.13. The summed E-state index contributed by atoms with van der Waals surface area (Å²) in [4.78, 5) is 26.3. The van der Waals surface area contributed by atoms with E-state index in [9.17, 15) is 9.59 Å². The topological polar surface area (TPSA) is 91.3 Å². The summed E-state index contributed by atoms with van der Waals surface area (Å²) in [6, 6.07) is 3.24. The van der Waals surface area contributed by atoms with E-state index in [1.54, 1.807) is 24.5 Å². The van der Waals surface area contributed by atoms with Crippen LogP contribution in [-0.4, -0.2) is 28.6 Å². The molecule has 0 saturated carbocycles. The monoisotopic (exact) mass is 265 g/mol. The normalized spacial score (nSPS) is 11.6. The number of hydrogen-bond donors (Lipinski definition) is 3. The summed E-state index contributed by atoms with van der Waals surface area (Å²) < 4.78 is 0. The molecule has 2 amide bonds. The summed E-state index contributed by atoms with van der Waals surface area (Å²) in [6.07, 6.45) is 4.63. The van der Waals surface area contributed by atoms with Gasteiger partial charge in [-0.2, -0.15) is 0 Å². The van der Waals surface area contributed by atoms with Crippen LogP contribution in [0.25, 0.3) is 0 Å². The highest BCUT2D eigenvalue weighted by Crippen LogP contribution is 2.04. The van der Waals surface area contributed by atoms with Crippen LogP contribution in [0, 0.1) is 5.92 Å². The molecule has 3 N–H and O–H groups in total. The molecule has 0 aliphatic carbocycles. The van der Waals surface area contributed by atoms with E-state index in [0.717, 1.165) is 12.0 Å². The number of rotatable bonds is 7. The van der Waals surface area contributed by atoms with Crippen molar-refractivity contribution >= 4 is 12.0 Å². The van der Waals surface area contributed by atoms with Gasteiger partial charge in [0.2, 0.25) is 0 Å². The van der Waals surface area contributed by atoms with E-state index in [-0.39, 0.29) is 12.6 Å². The van der Waals surface area contributed by atoms with Crippen LogP contribution in [0.3, 0.4) is 0 Å². The molecule has 0 aliphatic rings. The Labute approximate surface area is 112 Å². The third kappa shape index (κ3) is 5.85. The van der Waals surface area contributed by atoms with Crippen molar-refractivity contribution in [2.45, 2.75) is 26.3 Å². The number of carboxylic acid groups (broad SMARTS) is 1. The van der Waals surface area contributed by atoms with E-state index in [2.05, 4.69) is 15.6 Å². The van der Waals surface area contributed by atoms with Crippen LogP contribution in [-0.2, 0) is 11.3 Å². The van der Waals surface area contributed by atoms with Gasteiger partial charge in [-0.25, -0.2) is 4.79 Å². The van der Waals surface area contributed by atoms with E-state index in [1.165, 1.54) is 0 Å². The summed E-state index contributed by atoms with van der Waals surface area (Å²) in [5, 5.41) is 14.2. The summed E-state index contributed by atoms with van der Waals surface area (Å²) in [6.45, 7) is 2.45. The van der Waals surface area contributed by atoms with Crippen LogP contribution >= 0.6 is 0 Å². The van der Waals surface area contributed by atoms with Crippen LogP contribution in [0.5, 0.6) is 0 Å². The van der Waals surface area contributed by atoms with Crippen molar-refractivity contribution in [3.05, 3.63) is 30.1 Å². The number of nitrogens with one attached hydrogen (secondary N) is 2. The predicted molar refractivity (Wildman–Crippen MR) is 70.5 cm³/mol. The van der Waals surface area contributed by atoms with Crippen molar-refractivity contribution in [3.8, 4) is 0 Å². The highest BCUT2D eigenvalue weighted by Gasteiger charge is 2.16. The average molecular weight is 265 g/mol. The molecule has 0 fully saturated rings. The lowest BCUT2D eigenvalue weighted by atomic mass is 10.0. The lowest BCUT2D eigenvalue weighted by Crippen LogP contribution is -2.39. The number of urea groups is 1. The number of carbonyl (C=O) groups is 2.